The van der Waals surface area contributed by atoms with Gasteiger partial charge in [-0.25, -0.2) is 9.18 Å². The highest BCUT2D eigenvalue weighted by molar-refractivity contribution is 8.00. The first kappa shape index (κ1) is 23.3. The molecule has 1 saturated heterocycles. The number of aliphatic carboxylic acids is 1. The van der Waals surface area contributed by atoms with Gasteiger partial charge >= 0.3 is 5.97 Å². The molecule has 3 rings (SSSR count). The van der Waals surface area contributed by atoms with Gasteiger partial charge in [-0.3, -0.25) is 9.59 Å². The fourth-order valence-corrected chi connectivity index (χ4v) is 3.97. The quantitative estimate of drug-likeness (QED) is 0.490. The van der Waals surface area contributed by atoms with Crippen LogP contribution in [0.15, 0.2) is 65.1 Å². The van der Waals surface area contributed by atoms with Crippen LogP contribution in [-0.4, -0.2) is 59.7 Å². The summed E-state index contributed by atoms with van der Waals surface area (Å²) >= 11 is 1.41. The predicted molar refractivity (Wildman–Crippen MR) is 122 cm³/mol. The number of anilines is 2. The summed E-state index contributed by atoms with van der Waals surface area (Å²) in [6.45, 7) is 3.98. The highest BCUT2D eigenvalue weighted by atomic mass is 32.2. The molecule has 1 fully saturated rings. The van der Waals surface area contributed by atoms with Crippen LogP contribution in [0, 0.1) is 5.82 Å². The van der Waals surface area contributed by atoms with Gasteiger partial charge in [0, 0.05) is 54.1 Å². The molecule has 32 heavy (non-hydrogen) atoms. The van der Waals surface area contributed by atoms with Gasteiger partial charge in [-0.2, -0.15) is 0 Å². The van der Waals surface area contributed by atoms with E-state index >= 15 is 0 Å². The predicted octanol–water partition coefficient (Wildman–Crippen LogP) is 3.24. The van der Waals surface area contributed by atoms with Gasteiger partial charge in [0.15, 0.2) is 0 Å². The molecule has 168 valence electrons. The maximum absolute atomic E-state index is 13.1. The lowest BCUT2D eigenvalue weighted by Gasteiger charge is -2.36. The molecule has 0 bridgehead atoms. The second kappa shape index (κ2) is 10.8. The molecule has 0 radical (unpaired) electrons. The first-order chi connectivity index (χ1) is 15.3. The van der Waals surface area contributed by atoms with Crippen molar-refractivity contribution < 1.29 is 23.9 Å². The van der Waals surface area contributed by atoms with E-state index in [4.69, 9.17) is 5.11 Å². The Hall–Kier alpha value is -3.33. The number of nitrogens with zero attached hydrogens (tertiary/aromatic N) is 2. The van der Waals surface area contributed by atoms with Crippen LogP contribution in [0.3, 0.4) is 0 Å². The van der Waals surface area contributed by atoms with Gasteiger partial charge in [0.25, 0.3) is 0 Å². The van der Waals surface area contributed by atoms with Crippen molar-refractivity contribution in [2.45, 2.75) is 11.8 Å². The molecule has 7 nitrogen and oxygen atoms in total. The van der Waals surface area contributed by atoms with Crippen molar-refractivity contribution in [1.82, 2.24) is 4.90 Å². The minimum atomic E-state index is -1.14. The first-order valence-electron chi connectivity index (χ1n) is 10.1. The Kier molecular flexibility index (Phi) is 7.88. The zero-order valence-corrected chi connectivity index (χ0v) is 18.4. The van der Waals surface area contributed by atoms with Gasteiger partial charge in [-0.15, -0.1) is 11.8 Å². The van der Waals surface area contributed by atoms with Crippen LogP contribution in [-0.2, 0) is 14.4 Å². The number of carboxylic acids is 1. The van der Waals surface area contributed by atoms with Gasteiger partial charge in [0.2, 0.25) is 11.8 Å². The van der Waals surface area contributed by atoms with Gasteiger partial charge < -0.3 is 20.2 Å². The normalized spacial score (nSPS) is 14.2. The number of piperazine rings is 1. The molecule has 1 heterocycles. The van der Waals surface area contributed by atoms with Gasteiger partial charge in [0.05, 0.1) is 5.75 Å². The van der Waals surface area contributed by atoms with Gasteiger partial charge in [-0.05, 0) is 55.5 Å². The zero-order chi connectivity index (χ0) is 23.1. The number of carboxylic acid groups (broad SMARTS) is 1. The summed E-state index contributed by atoms with van der Waals surface area (Å²) in [4.78, 5) is 40.0. The second-order valence-corrected chi connectivity index (χ2v) is 8.33. The SMILES string of the molecule is C/C(=C/C(=O)Nc1ccc(SCC(=O)N2CCN(c3ccc(F)cc3)CC2)cc1)C(=O)O. The summed E-state index contributed by atoms with van der Waals surface area (Å²) in [6.07, 6.45) is 1.03. The van der Waals surface area contributed by atoms with Crippen molar-refractivity contribution >= 4 is 40.9 Å². The smallest absolute Gasteiger partial charge is 0.331 e. The molecule has 1 aliphatic heterocycles. The lowest BCUT2D eigenvalue weighted by molar-refractivity contribution is -0.133. The van der Waals surface area contributed by atoms with Crippen molar-refractivity contribution in [2.24, 2.45) is 0 Å². The molecule has 2 amide bonds. The van der Waals surface area contributed by atoms with Crippen LogP contribution >= 0.6 is 11.8 Å². The van der Waals surface area contributed by atoms with Gasteiger partial charge in [0.1, 0.15) is 5.82 Å². The lowest BCUT2D eigenvalue weighted by Crippen LogP contribution is -2.49. The van der Waals surface area contributed by atoms with E-state index in [2.05, 4.69) is 10.2 Å². The van der Waals surface area contributed by atoms with E-state index in [1.54, 1.807) is 36.4 Å². The van der Waals surface area contributed by atoms with Crippen molar-refractivity contribution in [1.29, 1.82) is 0 Å². The number of benzene rings is 2. The maximum atomic E-state index is 13.1. The van der Waals surface area contributed by atoms with Crippen molar-refractivity contribution in [3.8, 4) is 0 Å². The third kappa shape index (κ3) is 6.58. The summed E-state index contributed by atoms with van der Waals surface area (Å²) in [5.41, 5.74) is 1.44. The number of hydrogen-bond acceptors (Lipinski definition) is 5. The van der Waals surface area contributed by atoms with E-state index in [0.717, 1.165) is 16.7 Å². The van der Waals surface area contributed by atoms with E-state index < -0.39 is 11.9 Å². The summed E-state index contributed by atoms with van der Waals surface area (Å²) in [5.74, 6) is -1.56. The first-order valence-corrected chi connectivity index (χ1v) is 11.0. The number of halogens is 1. The average Bonchev–Trinajstić information content (AvgIpc) is 2.79. The summed E-state index contributed by atoms with van der Waals surface area (Å²) in [7, 11) is 0. The molecule has 1 aliphatic rings. The largest absolute Gasteiger partial charge is 0.478 e. The molecule has 0 aromatic heterocycles. The molecule has 0 atom stereocenters. The van der Waals surface area contributed by atoms with Crippen molar-refractivity contribution in [3.63, 3.8) is 0 Å². The van der Waals surface area contributed by atoms with E-state index in [1.165, 1.54) is 30.8 Å². The Balaban J connectivity index is 1.44. The summed E-state index contributed by atoms with van der Waals surface area (Å²) in [6, 6.07) is 13.4. The molecule has 0 unspecified atom stereocenters. The Morgan fingerprint density at radius 2 is 1.66 bits per heavy atom. The molecule has 0 spiro atoms. The van der Waals surface area contributed by atoms with E-state index in [-0.39, 0.29) is 17.3 Å². The number of hydrogen-bond donors (Lipinski definition) is 2. The number of thioether (sulfide) groups is 1. The van der Waals surface area contributed by atoms with Crippen LogP contribution < -0.4 is 10.2 Å². The van der Waals surface area contributed by atoms with E-state index in [0.29, 0.717) is 37.6 Å². The van der Waals surface area contributed by atoms with Crippen LogP contribution in [0.1, 0.15) is 6.92 Å². The molecular weight excluding hydrogens is 433 g/mol. The highest BCUT2D eigenvalue weighted by Crippen LogP contribution is 2.22. The second-order valence-electron chi connectivity index (χ2n) is 7.28. The number of carbonyl (C=O) groups excluding carboxylic acids is 2. The summed E-state index contributed by atoms with van der Waals surface area (Å²) < 4.78 is 13.1. The molecule has 9 heteroatoms. The van der Waals surface area contributed by atoms with Crippen LogP contribution in [0.4, 0.5) is 15.8 Å². The van der Waals surface area contributed by atoms with E-state index in [1.807, 2.05) is 4.90 Å². The standard InChI is InChI=1S/C23H24FN3O4S/c1-16(23(30)31)14-21(28)25-18-4-8-20(9-5-18)32-15-22(29)27-12-10-26(11-13-27)19-6-2-17(24)3-7-19/h2-9,14H,10-13,15H2,1H3,(H,25,28)(H,30,31)/b16-14-. The third-order valence-electron chi connectivity index (χ3n) is 4.99. The van der Waals surface area contributed by atoms with Crippen molar-refractivity contribution in [3.05, 3.63) is 66.0 Å². The lowest BCUT2D eigenvalue weighted by atomic mass is 10.2. The fourth-order valence-electron chi connectivity index (χ4n) is 3.17. The Morgan fingerprint density at radius 1 is 1.03 bits per heavy atom. The Bertz CT molecular complexity index is 1000. The van der Waals surface area contributed by atoms with Crippen LogP contribution in [0.5, 0.6) is 0 Å². The number of amides is 2. The zero-order valence-electron chi connectivity index (χ0n) is 17.6. The van der Waals surface area contributed by atoms with Crippen LogP contribution in [0.25, 0.3) is 0 Å². The molecule has 0 saturated carbocycles. The minimum Gasteiger partial charge on any atom is -0.478 e. The van der Waals surface area contributed by atoms with Crippen molar-refractivity contribution in [2.75, 3.05) is 42.1 Å². The topological polar surface area (TPSA) is 90.0 Å². The molecule has 2 aromatic rings. The number of rotatable bonds is 7. The minimum absolute atomic E-state index is 0.0494. The maximum Gasteiger partial charge on any atom is 0.331 e. The number of nitrogens with one attached hydrogen (secondary N) is 1. The molecular formula is C23H24FN3O4S. The Labute approximate surface area is 189 Å². The molecule has 2 N–H and O–H groups in total. The molecule has 2 aromatic carbocycles. The number of carbonyl (C=O) groups is 3. The monoisotopic (exact) mass is 457 g/mol. The van der Waals surface area contributed by atoms with Gasteiger partial charge in [-0.1, -0.05) is 0 Å². The summed E-state index contributed by atoms with van der Waals surface area (Å²) in [5, 5.41) is 11.4. The third-order valence-corrected chi connectivity index (χ3v) is 5.99. The Morgan fingerprint density at radius 3 is 2.25 bits per heavy atom. The highest BCUT2D eigenvalue weighted by Gasteiger charge is 2.21. The average molecular weight is 458 g/mol. The van der Waals surface area contributed by atoms with E-state index in [9.17, 15) is 18.8 Å². The molecule has 0 aliphatic carbocycles. The fraction of sp³-hybridized carbons (Fsp3) is 0.261. The van der Waals surface area contributed by atoms with Crippen LogP contribution in [0.2, 0.25) is 0 Å².